The third kappa shape index (κ3) is 2.58. The van der Waals surface area contributed by atoms with Crippen LogP contribution >= 0.6 is 0 Å². The zero-order valence-corrected chi connectivity index (χ0v) is 11.8. The van der Waals surface area contributed by atoms with E-state index >= 15 is 0 Å². The van der Waals surface area contributed by atoms with E-state index in [4.69, 9.17) is 5.73 Å². The molecule has 0 aliphatic heterocycles. The molecule has 2 aromatic rings. The maximum atomic E-state index is 11.9. The van der Waals surface area contributed by atoms with Gasteiger partial charge in [0.1, 0.15) is 4.90 Å². The molecular formula is C13H12N2O5S. The minimum atomic E-state index is -4.50. The van der Waals surface area contributed by atoms with E-state index in [0.717, 1.165) is 6.07 Å². The largest absolute Gasteiger partial charge is 0.366 e. The molecule has 0 bridgehead atoms. The maximum Gasteiger partial charge on any atom is 0.295 e. The molecule has 8 heteroatoms. The van der Waals surface area contributed by atoms with Crippen LogP contribution in [-0.4, -0.2) is 31.8 Å². The van der Waals surface area contributed by atoms with Crippen molar-refractivity contribution in [3.8, 4) is 0 Å². The zero-order valence-electron chi connectivity index (χ0n) is 11.0. The van der Waals surface area contributed by atoms with Crippen LogP contribution in [0.3, 0.4) is 0 Å². The van der Waals surface area contributed by atoms with Crippen LogP contribution in [0.25, 0.3) is 10.8 Å². The van der Waals surface area contributed by atoms with Gasteiger partial charge in [-0.15, -0.1) is 0 Å². The number of amides is 2. The van der Waals surface area contributed by atoms with Gasteiger partial charge in [0.2, 0.25) is 5.91 Å². The van der Waals surface area contributed by atoms with E-state index < -0.39 is 26.8 Å². The Kier molecular flexibility index (Phi) is 3.67. The van der Waals surface area contributed by atoms with Gasteiger partial charge in [0.25, 0.3) is 16.0 Å². The van der Waals surface area contributed by atoms with Crippen LogP contribution in [0.1, 0.15) is 20.7 Å². The molecule has 0 saturated heterocycles. The fraction of sp³-hybridized carbons (Fsp3) is 0.0769. The molecule has 0 radical (unpaired) electrons. The maximum absolute atomic E-state index is 11.9. The number of primary amides is 1. The number of carbonyl (C=O) groups excluding carboxylic acids is 2. The molecule has 0 spiro atoms. The first-order valence-electron chi connectivity index (χ1n) is 5.82. The summed E-state index contributed by atoms with van der Waals surface area (Å²) < 4.78 is 32.1. The second-order valence-electron chi connectivity index (χ2n) is 4.26. The quantitative estimate of drug-likeness (QED) is 0.713. The number of nitrogens with one attached hydrogen (secondary N) is 1. The Morgan fingerprint density at radius 1 is 1.14 bits per heavy atom. The Morgan fingerprint density at radius 2 is 1.81 bits per heavy atom. The third-order valence-corrected chi connectivity index (χ3v) is 3.93. The minimum absolute atomic E-state index is 0.00315. The lowest BCUT2D eigenvalue weighted by atomic mass is 9.98. The van der Waals surface area contributed by atoms with E-state index in [0.29, 0.717) is 0 Å². The van der Waals surface area contributed by atoms with Crippen molar-refractivity contribution in [2.24, 2.45) is 5.73 Å². The van der Waals surface area contributed by atoms with E-state index in [1.165, 1.54) is 31.3 Å². The molecule has 7 nitrogen and oxygen atoms in total. The van der Waals surface area contributed by atoms with Gasteiger partial charge in [-0.25, -0.2) is 0 Å². The van der Waals surface area contributed by atoms with Crippen molar-refractivity contribution in [3.05, 3.63) is 41.5 Å². The first kappa shape index (κ1) is 14.9. The summed E-state index contributed by atoms with van der Waals surface area (Å²) in [5.74, 6) is -1.31. The number of rotatable bonds is 3. The Balaban J connectivity index is 3.03. The fourth-order valence-corrected chi connectivity index (χ4v) is 2.82. The van der Waals surface area contributed by atoms with E-state index in [1.807, 2.05) is 0 Å². The Bertz CT molecular complexity index is 858. The standard InChI is InChI=1S/C13H12N2O5S/c1-15-13(17)9-5-6-10(21(18,19)20)7-3-2-4-8(11(7)9)12(14)16/h2-6H,1H3,(H2,14,16)(H,15,17)(H,18,19,20). The molecule has 0 heterocycles. The van der Waals surface area contributed by atoms with Crippen LogP contribution < -0.4 is 11.1 Å². The molecule has 0 aromatic heterocycles. The third-order valence-electron chi connectivity index (χ3n) is 3.02. The zero-order chi connectivity index (χ0) is 15.8. The van der Waals surface area contributed by atoms with E-state index in [1.54, 1.807) is 0 Å². The number of nitrogens with two attached hydrogens (primary N) is 1. The summed E-state index contributed by atoms with van der Waals surface area (Å²) in [5.41, 5.74) is 5.36. The van der Waals surface area contributed by atoms with Gasteiger partial charge in [-0.2, -0.15) is 8.42 Å². The molecule has 21 heavy (non-hydrogen) atoms. The van der Waals surface area contributed by atoms with Crippen LogP contribution in [-0.2, 0) is 10.1 Å². The molecule has 110 valence electrons. The summed E-state index contributed by atoms with van der Waals surface area (Å²) in [6, 6.07) is 6.51. The van der Waals surface area contributed by atoms with Gasteiger partial charge in [0.15, 0.2) is 0 Å². The van der Waals surface area contributed by atoms with Crippen molar-refractivity contribution < 1.29 is 22.6 Å². The Hall–Kier alpha value is -2.45. The van der Waals surface area contributed by atoms with Crippen LogP contribution in [0.5, 0.6) is 0 Å². The number of carbonyl (C=O) groups is 2. The summed E-state index contributed by atoms with van der Waals surface area (Å²) >= 11 is 0. The predicted molar refractivity (Wildman–Crippen MR) is 75.7 cm³/mol. The van der Waals surface area contributed by atoms with Gasteiger partial charge in [-0.3, -0.25) is 14.1 Å². The monoisotopic (exact) mass is 308 g/mol. The van der Waals surface area contributed by atoms with Gasteiger partial charge < -0.3 is 11.1 Å². The van der Waals surface area contributed by atoms with Crippen molar-refractivity contribution in [3.63, 3.8) is 0 Å². The van der Waals surface area contributed by atoms with Crippen LogP contribution in [0, 0.1) is 0 Å². The summed E-state index contributed by atoms with van der Waals surface area (Å²) in [4.78, 5) is 23.0. The van der Waals surface area contributed by atoms with Crippen LogP contribution in [0.4, 0.5) is 0 Å². The summed E-state index contributed by atoms with van der Waals surface area (Å²) in [5, 5.41) is 2.53. The molecule has 0 unspecified atom stereocenters. The molecule has 2 rings (SSSR count). The summed E-state index contributed by atoms with van der Waals surface area (Å²) in [6.45, 7) is 0. The Labute approximate surface area is 120 Å². The molecule has 2 amide bonds. The molecule has 0 aliphatic carbocycles. The fourth-order valence-electron chi connectivity index (χ4n) is 2.13. The number of hydrogen-bond donors (Lipinski definition) is 3. The highest BCUT2D eigenvalue weighted by Gasteiger charge is 2.21. The molecule has 0 saturated carbocycles. The smallest absolute Gasteiger partial charge is 0.295 e. The molecular weight excluding hydrogens is 296 g/mol. The average Bonchev–Trinajstić information content (AvgIpc) is 2.43. The van der Waals surface area contributed by atoms with Gasteiger partial charge in [-0.1, -0.05) is 12.1 Å². The lowest BCUT2D eigenvalue weighted by Crippen LogP contribution is -2.20. The van der Waals surface area contributed by atoms with Gasteiger partial charge >= 0.3 is 0 Å². The second-order valence-corrected chi connectivity index (χ2v) is 5.65. The highest BCUT2D eigenvalue weighted by atomic mass is 32.2. The number of benzene rings is 2. The average molecular weight is 308 g/mol. The molecule has 4 N–H and O–H groups in total. The SMILES string of the molecule is CNC(=O)c1ccc(S(=O)(=O)O)c2cccc(C(N)=O)c12. The highest BCUT2D eigenvalue weighted by molar-refractivity contribution is 7.86. The van der Waals surface area contributed by atoms with Crippen molar-refractivity contribution in [2.45, 2.75) is 4.90 Å². The predicted octanol–water partition coefficient (Wildman–Crippen LogP) is 0.545. The molecule has 2 aromatic carbocycles. The van der Waals surface area contributed by atoms with E-state index in [2.05, 4.69) is 5.32 Å². The highest BCUT2D eigenvalue weighted by Crippen LogP contribution is 2.29. The minimum Gasteiger partial charge on any atom is -0.366 e. The molecule has 0 atom stereocenters. The van der Waals surface area contributed by atoms with Crippen molar-refractivity contribution in [1.29, 1.82) is 0 Å². The number of fused-ring (bicyclic) bond motifs is 1. The molecule has 0 aliphatic rings. The van der Waals surface area contributed by atoms with Crippen molar-refractivity contribution in [2.75, 3.05) is 7.05 Å². The summed E-state index contributed by atoms with van der Waals surface area (Å²) in [6.07, 6.45) is 0. The first-order valence-corrected chi connectivity index (χ1v) is 7.26. The van der Waals surface area contributed by atoms with Crippen LogP contribution in [0.2, 0.25) is 0 Å². The first-order chi connectivity index (χ1) is 9.77. The lowest BCUT2D eigenvalue weighted by Gasteiger charge is -2.11. The van der Waals surface area contributed by atoms with Gasteiger partial charge in [-0.05, 0) is 18.2 Å². The second kappa shape index (κ2) is 5.15. The molecule has 0 fully saturated rings. The topological polar surface area (TPSA) is 127 Å². The number of hydrogen-bond acceptors (Lipinski definition) is 4. The van der Waals surface area contributed by atoms with Crippen molar-refractivity contribution in [1.82, 2.24) is 5.32 Å². The van der Waals surface area contributed by atoms with Gasteiger partial charge in [0.05, 0.1) is 0 Å². The Morgan fingerprint density at radius 3 is 2.33 bits per heavy atom. The lowest BCUT2D eigenvalue weighted by molar-refractivity contribution is 0.0964. The van der Waals surface area contributed by atoms with Crippen LogP contribution in [0.15, 0.2) is 35.2 Å². The normalized spacial score (nSPS) is 11.3. The van der Waals surface area contributed by atoms with E-state index in [9.17, 15) is 22.6 Å². The van der Waals surface area contributed by atoms with Crippen molar-refractivity contribution >= 4 is 32.7 Å². The van der Waals surface area contributed by atoms with E-state index in [-0.39, 0.29) is 21.9 Å². The van der Waals surface area contributed by atoms with Gasteiger partial charge in [0, 0.05) is 28.9 Å². The summed E-state index contributed by atoms with van der Waals surface area (Å²) in [7, 11) is -3.10.